The normalized spacial score (nSPS) is 27.8. The van der Waals surface area contributed by atoms with Gasteiger partial charge in [0.1, 0.15) is 0 Å². The van der Waals surface area contributed by atoms with Gasteiger partial charge in [-0.1, -0.05) is 6.42 Å². The molecule has 24 heavy (non-hydrogen) atoms. The van der Waals surface area contributed by atoms with Crippen molar-refractivity contribution in [3.63, 3.8) is 0 Å². The molecule has 132 valence electrons. The molecule has 0 N–H and O–H groups in total. The van der Waals surface area contributed by atoms with Crippen molar-refractivity contribution < 1.29 is 22.7 Å². The van der Waals surface area contributed by atoms with Crippen molar-refractivity contribution in [1.29, 1.82) is 0 Å². The van der Waals surface area contributed by atoms with E-state index in [2.05, 4.69) is 21.7 Å². The van der Waals surface area contributed by atoms with Crippen LogP contribution in [0, 0.1) is 5.92 Å². The minimum absolute atomic E-state index is 0.0276. The Balaban J connectivity index is 1.63. The molecule has 0 aromatic carbocycles. The second-order valence-electron chi connectivity index (χ2n) is 6.73. The fraction of sp³-hybridized carbons (Fsp3) is 0.647. The molecule has 0 amide bonds. The highest BCUT2D eigenvalue weighted by atomic mass is 19.4. The Morgan fingerprint density at radius 3 is 2.50 bits per heavy atom. The maximum absolute atomic E-state index is 12.7. The zero-order chi connectivity index (χ0) is 17.3. The number of hydrogen-bond donors (Lipinski definition) is 0. The molecule has 1 aromatic rings. The highest BCUT2D eigenvalue weighted by molar-refractivity contribution is 5.97. The van der Waals surface area contributed by atoms with Gasteiger partial charge in [-0.3, -0.25) is 4.79 Å². The van der Waals surface area contributed by atoms with Gasteiger partial charge in [-0.25, -0.2) is 4.98 Å². The zero-order valence-corrected chi connectivity index (χ0v) is 13.6. The SMILES string of the molecule is CN1C2CCCC1CC(C(=O)c1ccc(OCC(F)(F)F)nc1)C2. The Morgan fingerprint density at radius 2 is 1.96 bits per heavy atom. The summed E-state index contributed by atoms with van der Waals surface area (Å²) < 4.78 is 40.9. The second kappa shape index (κ2) is 6.70. The van der Waals surface area contributed by atoms with Crippen molar-refractivity contribution in [3.8, 4) is 5.88 Å². The van der Waals surface area contributed by atoms with Crippen LogP contribution in [0.15, 0.2) is 18.3 Å². The highest BCUT2D eigenvalue weighted by Gasteiger charge is 2.38. The van der Waals surface area contributed by atoms with E-state index in [-0.39, 0.29) is 17.6 Å². The predicted molar refractivity (Wildman–Crippen MR) is 82.0 cm³/mol. The number of piperidine rings is 2. The van der Waals surface area contributed by atoms with Gasteiger partial charge < -0.3 is 9.64 Å². The van der Waals surface area contributed by atoms with Crippen LogP contribution in [-0.2, 0) is 0 Å². The number of rotatable bonds is 4. The van der Waals surface area contributed by atoms with Gasteiger partial charge in [0.2, 0.25) is 5.88 Å². The van der Waals surface area contributed by atoms with Crippen molar-refractivity contribution in [2.24, 2.45) is 5.92 Å². The zero-order valence-electron chi connectivity index (χ0n) is 13.6. The van der Waals surface area contributed by atoms with Gasteiger partial charge >= 0.3 is 6.18 Å². The molecule has 2 saturated heterocycles. The summed E-state index contributed by atoms with van der Waals surface area (Å²) in [5, 5.41) is 0. The van der Waals surface area contributed by atoms with Gasteiger partial charge in [0.05, 0.1) is 0 Å². The van der Waals surface area contributed by atoms with E-state index in [1.165, 1.54) is 24.8 Å². The van der Waals surface area contributed by atoms with Crippen LogP contribution in [0.1, 0.15) is 42.5 Å². The molecule has 3 rings (SSSR count). The quantitative estimate of drug-likeness (QED) is 0.786. The monoisotopic (exact) mass is 342 g/mol. The van der Waals surface area contributed by atoms with Crippen LogP contribution in [0.4, 0.5) is 13.2 Å². The van der Waals surface area contributed by atoms with E-state index in [9.17, 15) is 18.0 Å². The summed E-state index contributed by atoms with van der Waals surface area (Å²) in [5.74, 6) is -0.112. The number of nitrogens with zero attached hydrogens (tertiary/aromatic N) is 2. The summed E-state index contributed by atoms with van der Waals surface area (Å²) >= 11 is 0. The number of halogens is 3. The first-order valence-electron chi connectivity index (χ1n) is 8.25. The van der Waals surface area contributed by atoms with E-state index in [0.29, 0.717) is 17.6 Å². The molecular weight excluding hydrogens is 321 g/mol. The lowest BCUT2D eigenvalue weighted by Crippen LogP contribution is -2.51. The Bertz CT molecular complexity index is 574. The van der Waals surface area contributed by atoms with E-state index in [0.717, 1.165) is 25.7 Å². The van der Waals surface area contributed by atoms with Gasteiger partial charge in [-0.05, 0) is 38.8 Å². The van der Waals surface area contributed by atoms with Crippen molar-refractivity contribution in [2.45, 2.75) is 50.4 Å². The average Bonchev–Trinajstić information content (AvgIpc) is 2.52. The number of ether oxygens (including phenoxy) is 1. The van der Waals surface area contributed by atoms with Crippen LogP contribution in [0.3, 0.4) is 0 Å². The summed E-state index contributed by atoms with van der Waals surface area (Å²) in [4.78, 5) is 18.9. The predicted octanol–water partition coefficient (Wildman–Crippen LogP) is 3.47. The minimum atomic E-state index is -4.40. The number of aromatic nitrogens is 1. The summed E-state index contributed by atoms with van der Waals surface area (Å²) in [6.45, 7) is -1.38. The number of Topliss-reactive ketones (excluding diaryl/α,β-unsaturated/α-hetero) is 1. The summed E-state index contributed by atoms with van der Waals surface area (Å²) in [5.41, 5.74) is 0.446. The smallest absolute Gasteiger partial charge is 0.422 e. The second-order valence-corrected chi connectivity index (χ2v) is 6.73. The van der Waals surface area contributed by atoms with Crippen molar-refractivity contribution >= 4 is 5.78 Å². The number of carbonyl (C=O) groups excluding carboxylic acids is 1. The maximum atomic E-state index is 12.7. The average molecular weight is 342 g/mol. The number of hydrogen-bond acceptors (Lipinski definition) is 4. The first kappa shape index (κ1) is 17.2. The third-order valence-corrected chi connectivity index (χ3v) is 5.12. The summed E-state index contributed by atoms with van der Waals surface area (Å²) in [6.07, 6.45) is 2.08. The van der Waals surface area contributed by atoms with Crippen molar-refractivity contribution in [3.05, 3.63) is 23.9 Å². The van der Waals surface area contributed by atoms with Crippen LogP contribution in [0.5, 0.6) is 5.88 Å². The minimum Gasteiger partial charge on any atom is -0.468 e. The molecule has 2 aliphatic heterocycles. The van der Waals surface area contributed by atoms with Crippen molar-refractivity contribution in [1.82, 2.24) is 9.88 Å². The molecular formula is C17H21F3N2O2. The maximum Gasteiger partial charge on any atom is 0.422 e. The molecule has 2 unspecified atom stereocenters. The molecule has 2 aliphatic rings. The number of pyridine rings is 1. The molecule has 0 radical (unpaired) electrons. The lowest BCUT2D eigenvalue weighted by atomic mass is 9.76. The molecule has 2 fully saturated rings. The first-order chi connectivity index (χ1) is 11.3. The Labute approximate surface area is 139 Å². The van der Waals surface area contributed by atoms with Crippen LogP contribution in [0.2, 0.25) is 0 Å². The Morgan fingerprint density at radius 1 is 1.29 bits per heavy atom. The van der Waals surface area contributed by atoms with E-state index >= 15 is 0 Å². The van der Waals surface area contributed by atoms with Gasteiger partial charge in [-0.2, -0.15) is 13.2 Å². The molecule has 1 aromatic heterocycles. The van der Waals surface area contributed by atoms with Gasteiger partial charge in [0.25, 0.3) is 0 Å². The van der Waals surface area contributed by atoms with Crippen LogP contribution < -0.4 is 4.74 Å². The molecule has 0 aliphatic carbocycles. The topological polar surface area (TPSA) is 42.4 Å². The summed E-state index contributed by atoms with van der Waals surface area (Å²) in [6, 6.07) is 3.74. The molecule has 2 atom stereocenters. The van der Waals surface area contributed by atoms with E-state index in [1.54, 1.807) is 0 Å². The van der Waals surface area contributed by atoms with Crippen LogP contribution in [-0.4, -0.2) is 47.6 Å². The molecule has 3 heterocycles. The fourth-order valence-electron chi connectivity index (χ4n) is 3.83. The van der Waals surface area contributed by atoms with Crippen LogP contribution >= 0.6 is 0 Å². The number of ketones is 1. The third kappa shape index (κ3) is 3.88. The van der Waals surface area contributed by atoms with Gasteiger partial charge in [0, 0.05) is 35.8 Å². The Kier molecular flexibility index (Phi) is 4.80. The lowest BCUT2D eigenvalue weighted by Gasteiger charge is -2.46. The fourth-order valence-corrected chi connectivity index (χ4v) is 3.83. The lowest BCUT2D eigenvalue weighted by molar-refractivity contribution is -0.154. The van der Waals surface area contributed by atoms with Gasteiger partial charge in [-0.15, -0.1) is 0 Å². The highest BCUT2D eigenvalue weighted by Crippen LogP contribution is 2.37. The molecule has 7 heteroatoms. The largest absolute Gasteiger partial charge is 0.468 e. The first-order valence-corrected chi connectivity index (χ1v) is 8.25. The van der Waals surface area contributed by atoms with E-state index < -0.39 is 12.8 Å². The Hall–Kier alpha value is -1.63. The van der Waals surface area contributed by atoms with Crippen LogP contribution in [0.25, 0.3) is 0 Å². The third-order valence-electron chi connectivity index (χ3n) is 5.12. The van der Waals surface area contributed by atoms with E-state index in [4.69, 9.17) is 0 Å². The standard InChI is InChI=1S/C17H21F3N2O2/c1-22-13-3-2-4-14(22)8-12(7-13)16(23)11-5-6-15(21-9-11)24-10-17(18,19)20/h5-6,9,12-14H,2-4,7-8,10H2,1H3. The number of alkyl halides is 3. The number of fused-ring (bicyclic) bond motifs is 2. The van der Waals surface area contributed by atoms with E-state index in [1.807, 2.05) is 0 Å². The summed E-state index contributed by atoms with van der Waals surface area (Å²) in [7, 11) is 2.13. The van der Waals surface area contributed by atoms with Gasteiger partial charge in [0.15, 0.2) is 12.4 Å². The molecule has 0 saturated carbocycles. The number of carbonyl (C=O) groups is 1. The molecule has 0 spiro atoms. The molecule has 2 bridgehead atoms. The molecule has 4 nitrogen and oxygen atoms in total. The van der Waals surface area contributed by atoms with Crippen molar-refractivity contribution in [2.75, 3.05) is 13.7 Å².